The predicted molar refractivity (Wildman–Crippen MR) is 66.4 cm³/mol. The van der Waals surface area contributed by atoms with Crippen molar-refractivity contribution in [1.82, 2.24) is 9.88 Å². The van der Waals surface area contributed by atoms with Gasteiger partial charge in [0.2, 0.25) is 5.91 Å². The fraction of sp³-hybridized carbons (Fsp3) is 0.538. The molecule has 0 saturated heterocycles. The highest BCUT2D eigenvalue weighted by Crippen LogP contribution is 2.06. The third kappa shape index (κ3) is 4.53. The topological polar surface area (TPSA) is 42.4 Å². The van der Waals surface area contributed by atoms with Gasteiger partial charge in [-0.3, -0.25) is 9.78 Å². The number of hydrogen-bond acceptors (Lipinski definition) is 3. The summed E-state index contributed by atoms with van der Waals surface area (Å²) in [5.74, 6) is 0.00695. The SMILES string of the molecule is CCOCC(=O)N(Cc1ccccn1)C(C)C. The normalized spacial score (nSPS) is 10.6. The largest absolute Gasteiger partial charge is 0.372 e. The fourth-order valence-corrected chi connectivity index (χ4v) is 1.50. The molecule has 0 fully saturated rings. The van der Waals surface area contributed by atoms with Crippen molar-refractivity contribution in [3.05, 3.63) is 30.1 Å². The van der Waals surface area contributed by atoms with Crippen LogP contribution in [-0.4, -0.2) is 35.0 Å². The molecule has 0 saturated carbocycles. The van der Waals surface area contributed by atoms with Gasteiger partial charge in [0.05, 0.1) is 12.2 Å². The minimum absolute atomic E-state index is 0.00695. The first kappa shape index (κ1) is 13.6. The Balaban J connectivity index is 2.63. The Hall–Kier alpha value is -1.42. The number of hydrogen-bond donors (Lipinski definition) is 0. The second kappa shape index (κ2) is 7.01. The molecule has 1 rings (SSSR count). The molecule has 0 atom stereocenters. The number of aromatic nitrogens is 1. The van der Waals surface area contributed by atoms with Crippen molar-refractivity contribution in [1.29, 1.82) is 0 Å². The highest BCUT2D eigenvalue weighted by molar-refractivity contribution is 5.77. The smallest absolute Gasteiger partial charge is 0.249 e. The minimum atomic E-state index is 0.00695. The van der Waals surface area contributed by atoms with E-state index in [0.29, 0.717) is 13.2 Å². The average Bonchev–Trinajstić information content (AvgIpc) is 2.34. The van der Waals surface area contributed by atoms with Gasteiger partial charge in [-0.2, -0.15) is 0 Å². The monoisotopic (exact) mass is 236 g/mol. The van der Waals surface area contributed by atoms with Crippen molar-refractivity contribution in [3.63, 3.8) is 0 Å². The number of rotatable bonds is 6. The van der Waals surface area contributed by atoms with Gasteiger partial charge in [0.15, 0.2) is 0 Å². The van der Waals surface area contributed by atoms with Crippen molar-refractivity contribution in [2.24, 2.45) is 0 Å². The zero-order chi connectivity index (χ0) is 12.7. The Bertz CT molecular complexity index is 339. The maximum absolute atomic E-state index is 11.9. The van der Waals surface area contributed by atoms with E-state index in [1.165, 1.54) is 0 Å². The minimum Gasteiger partial charge on any atom is -0.372 e. The molecular weight excluding hydrogens is 216 g/mol. The van der Waals surface area contributed by atoms with Crippen LogP contribution in [-0.2, 0) is 16.1 Å². The molecule has 4 nitrogen and oxygen atoms in total. The lowest BCUT2D eigenvalue weighted by atomic mass is 10.2. The molecule has 0 aliphatic rings. The number of pyridine rings is 1. The van der Waals surface area contributed by atoms with Crippen LogP contribution < -0.4 is 0 Å². The number of nitrogens with zero attached hydrogens (tertiary/aromatic N) is 2. The summed E-state index contributed by atoms with van der Waals surface area (Å²) in [4.78, 5) is 17.9. The second-order valence-electron chi connectivity index (χ2n) is 4.07. The molecule has 0 aliphatic carbocycles. The molecule has 1 aromatic rings. The van der Waals surface area contributed by atoms with Crippen molar-refractivity contribution in [2.45, 2.75) is 33.4 Å². The lowest BCUT2D eigenvalue weighted by Crippen LogP contribution is -2.39. The number of ether oxygens (including phenoxy) is 1. The van der Waals surface area contributed by atoms with Crippen LogP contribution in [0.3, 0.4) is 0 Å². The zero-order valence-corrected chi connectivity index (χ0v) is 10.7. The quantitative estimate of drug-likeness (QED) is 0.757. The van der Waals surface area contributed by atoms with Crippen molar-refractivity contribution >= 4 is 5.91 Å². The summed E-state index contributed by atoms with van der Waals surface area (Å²) in [7, 11) is 0. The molecule has 0 spiro atoms. The summed E-state index contributed by atoms with van der Waals surface area (Å²) >= 11 is 0. The lowest BCUT2D eigenvalue weighted by molar-refractivity contribution is -0.138. The van der Waals surface area contributed by atoms with Gasteiger partial charge in [0.25, 0.3) is 0 Å². The van der Waals surface area contributed by atoms with Gasteiger partial charge < -0.3 is 9.64 Å². The van der Waals surface area contributed by atoms with Gasteiger partial charge in [-0.25, -0.2) is 0 Å². The van der Waals surface area contributed by atoms with E-state index in [9.17, 15) is 4.79 Å². The molecule has 1 aromatic heterocycles. The molecule has 94 valence electrons. The van der Waals surface area contributed by atoms with Gasteiger partial charge in [-0.15, -0.1) is 0 Å². The molecule has 1 amide bonds. The summed E-state index contributed by atoms with van der Waals surface area (Å²) in [6.45, 7) is 7.10. The van der Waals surface area contributed by atoms with Crippen molar-refractivity contribution in [3.8, 4) is 0 Å². The first-order chi connectivity index (χ1) is 8.15. The Kier molecular flexibility index (Phi) is 5.63. The van der Waals surface area contributed by atoms with E-state index in [-0.39, 0.29) is 18.6 Å². The first-order valence-electron chi connectivity index (χ1n) is 5.92. The third-order valence-corrected chi connectivity index (χ3v) is 2.43. The van der Waals surface area contributed by atoms with Gasteiger partial charge in [0, 0.05) is 18.8 Å². The molecule has 0 aliphatic heterocycles. The predicted octanol–water partition coefficient (Wildman–Crippen LogP) is 1.86. The lowest BCUT2D eigenvalue weighted by Gasteiger charge is -2.26. The second-order valence-corrected chi connectivity index (χ2v) is 4.07. The summed E-state index contributed by atoms with van der Waals surface area (Å²) in [5, 5.41) is 0. The van der Waals surface area contributed by atoms with Crippen LogP contribution in [0.25, 0.3) is 0 Å². The Morgan fingerprint density at radius 1 is 1.47 bits per heavy atom. The van der Waals surface area contributed by atoms with Crippen LogP contribution in [0.2, 0.25) is 0 Å². The maximum atomic E-state index is 11.9. The molecule has 4 heteroatoms. The molecule has 0 aromatic carbocycles. The standard InChI is InChI=1S/C13H20N2O2/c1-4-17-10-13(16)15(11(2)3)9-12-7-5-6-8-14-12/h5-8,11H,4,9-10H2,1-3H3. The van der Waals surface area contributed by atoms with Crippen LogP contribution in [0.15, 0.2) is 24.4 Å². The maximum Gasteiger partial charge on any atom is 0.249 e. The molecular formula is C13H20N2O2. The molecule has 17 heavy (non-hydrogen) atoms. The molecule has 0 N–H and O–H groups in total. The first-order valence-corrected chi connectivity index (χ1v) is 5.92. The average molecular weight is 236 g/mol. The van der Waals surface area contributed by atoms with Crippen LogP contribution in [0.4, 0.5) is 0 Å². The van der Waals surface area contributed by atoms with Crippen LogP contribution in [0.1, 0.15) is 26.5 Å². The molecule has 1 heterocycles. The van der Waals surface area contributed by atoms with Crippen molar-refractivity contribution in [2.75, 3.05) is 13.2 Å². The van der Waals surface area contributed by atoms with Crippen LogP contribution in [0.5, 0.6) is 0 Å². The van der Waals surface area contributed by atoms with Gasteiger partial charge in [-0.05, 0) is 32.9 Å². The van der Waals surface area contributed by atoms with E-state index in [1.54, 1.807) is 11.1 Å². The fourth-order valence-electron chi connectivity index (χ4n) is 1.50. The molecule has 0 bridgehead atoms. The number of amides is 1. The third-order valence-electron chi connectivity index (χ3n) is 2.43. The van der Waals surface area contributed by atoms with Gasteiger partial charge in [-0.1, -0.05) is 6.07 Å². The Labute approximate surface area is 103 Å². The van der Waals surface area contributed by atoms with E-state index >= 15 is 0 Å². The zero-order valence-electron chi connectivity index (χ0n) is 10.7. The van der Waals surface area contributed by atoms with E-state index in [1.807, 2.05) is 39.0 Å². The van der Waals surface area contributed by atoms with Crippen LogP contribution >= 0.6 is 0 Å². The van der Waals surface area contributed by atoms with E-state index in [0.717, 1.165) is 5.69 Å². The number of carbonyl (C=O) groups is 1. The Morgan fingerprint density at radius 2 is 2.24 bits per heavy atom. The van der Waals surface area contributed by atoms with Crippen molar-refractivity contribution < 1.29 is 9.53 Å². The van der Waals surface area contributed by atoms with Gasteiger partial charge in [0.1, 0.15) is 6.61 Å². The van der Waals surface area contributed by atoms with E-state index in [2.05, 4.69) is 4.98 Å². The number of carbonyl (C=O) groups excluding carboxylic acids is 1. The van der Waals surface area contributed by atoms with Gasteiger partial charge >= 0.3 is 0 Å². The van der Waals surface area contributed by atoms with E-state index in [4.69, 9.17) is 4.74 Å². The van der Waals surface area contributed by atoms with Crippen LogP contribution in [0, 0.1) is 0 Å². The summed E-state index contributed by atoms with van der Waals surface area (Å²) in [6.07, 6.45) is 1.74. The highest BCUT2D eigenvalue weighted by atomic mass is 16.5. The molecule has 0 radical (unpaired) electrons. The summed E-state index contributed by atoms with van der Waals surface area (Å²) in [6, 6.07) is 5.85. The summed E-state index contributed by atoms with van der Waals surface area (Å²) < 4.78 is 5.15. The highest BCUT2D eigenvalue weighted by Gasteiger charge is 2.17. The van der Waals surface area contributed by atoms with E-state index < -0.39 is 0 Å². The summed E-state index contributed by atoms with van der Waals surface area (Å²) in [5.41, 5.74) is 0.894. The molecule has 0 unspecified atom stereocenters. The Morgan fingerprint density at radius 3 is 2.76 bits per heavy atom.